The predicted octanol–water partition coefficient (Wildman–Crippen LogP) is 0.904. The first-order chi connectivity index (χ1) is 5.13. The van der Waals surface area contributed by atoms with Crippen LogP contribution in [0.4, 0.5) is 4.39 Å². The van der Waals surface area contributed by atoms with Crippen molar-refractivity contribution >= 4 is 18.4 Å². The highest BCUT2D eigenvalue weighted by molar-refractivity contribution is 5.85. The summed E-state index contributed by atoms with van der Waals surface area (Å²) in [6.45, 7) is 3.57. The standard InChI is InChI=1S/C7H14FNO2.ClH/c1-3-11-7(10)6(8)5(2)4-9;/h5-6H,3-4,9H2,1-2H3;1H. The van der Waals surface area contributed by atoms with Crippen LogP contribution in [-0.4, -0.2) is 25.3 Å². The Kier molecular flexibility index (Phi) is 8.64. The molecule has 0 amide bonds. The SMILES string of the molecule is CCOC(=O)C(F)C(C)CN.Cl. The first kappa shape index (κ1) is 14.2. The molecule has 0 heterocycles. The molecule has 0 saturated heterocycles. The minimum Gasteiger partial charge on any atom is -0.464 e. The van der Waals surface area contributed by atoms with Gasteiger partial charge in [-0.05, 0) is 13.5 Å². The number of nitrogens with two attached hydrogens (primary N) is 1. The number of hydrogen-bond donors (Lipinski definition) is 1. The van der Waals surface area contributed by atoms with Gasteiger partial charge in [-0.1, -0.05) is 6.92 Å². The van der Waals surface area contributed by atoms with Crippen molar-refractivity contribution in [3.63, 3.8) is 0 Å². The van der Waals surface area contributed by atoms with Gasteiger partial charge in [-0.15, -0.1) is 12.4 Å². The number of halogens is 2. The van der Waals surface area contributed by atoms with Gasteiger partial charge in [0, 0.05) is 5.92 Å². The molecule has 0 bridgehead atoms. The number of esters is 1. The second kappa shape index (κ2) is 7.31. The summed E-state index contributed by atoms with van der Waals surface area (Å²) in [6.07, 6.45) is -1.58. The average Bonchev–Trinajstić information content (AvgIpc) is 2.02. The Labute approximate surface area is 77.9 Å². The van der Waals surface area contributed by atoms with E-state index in [0.717, 1.165) is 0 Å². The second-order valence-electron chi connectivity index (χ2n) is 2.37. The van der Waals surface area contributed by atoms with Gasteiger partial charge in [0.1, 0.15) is 0 Å². The molecular weight excluding hydrogens is 185 g/mol. The Bertz CT molecular complexity index is 135. The summed E-state index contributed by atoms with van der Waals surface area (Å²) in [5.74, 6) is -1.28. The number of ether oxygens (including phenoxy) is 1. The van der Waals surface area contributed by atoms with Crippen molar-refractivity contribution in [1.29, 1.82) is 0 Å². The van der Waals surface area contributed by atoms with E-state index in [9.17, 15) is 9.18 Å². The van der Waals surface area contributed by atoms with Gasteiger partial charge >= 0.3 is 5.97 Å². The number of hydrogen-bond acceptors (Lipinski definition) is 3. The minimum atomic E-state index is -1.58. The average molecular weight is 200 g/mol. The third-order valence-electron chi connectivity index (χ3n) is 1.38. The van der Waals surface area contributed by atoms with Gasteiger partial charge in [0.15, 0.2) is 0 Å². The molecule has 0 aliphatic rings. The molecule has 12 heavy (non-hydrogen) atoms. The van der Waals surface area contributed by atoms with E-state index < -0.39 is 18.1 Å². The lowest BCUT2D eigenvalue weighted by Gasteiger charge is -2.12. The molecule has 74 valence electrons. The molecule has 2 unspecified atom stereocenters. The zero-order valence-electron chi connectivity index (χ0n) is 7.25. The topological polar surface area (TPSA) is 52.3 Å². The molecule has 0 radical (unpaired) electrons. The summed E-state index contributed by atoms with van der Waals surface area (Å²) in [4.78, 5) is 10.7. The number of carbonyl (C=O) groups excluding carboxylic acids is 1. The lowest BCUT2D eigenvalue weighted by molar-refractivity contribution is -0.150. The fraction of sp³-hybridized carbons (Fsp3) is 0.857. The first-order valence-corrected chi connectivity index (χ1v) is 3.64. The van der Waals surface area contributed by atoms with Gasteiger partial charge in [0.2, 0.25) is 6.17 Å². The highest BCUT2D eigenvalue weighted by Crippen LogP contribution is 2.07. The van der Waals surface area contributed by atoms with Gasteiger partial charge in [0.05, 0.1) is 6.61 Å². The first-order valence-electron chi connectivity index (χ1n) is 3.64. The van der Waals surface area contributed by atoms with Crippen molar-refractivity contribution in [2.75, 3.05) is 13.2 Å². The number of alkyl halides is 1. The maximum atomic E-state index is 12.8. The molecule has 5 heteroatoms. The van der Waals surface area contributed by atoms with Crippen molar-refractivity contribution < 1.29 is 13.9 Å². The summed E-state index contributed by atoms with van der Waals surface area (Å²) in [5, 5.41) is 0. The van der Waals surface area contributed by atoms with Crippen molar-refractivity contribution in [3.05, 3.63) is 0 Å². The quantitative estimate of drug-likeness (QED) is 0.685. The molecule has 0 aromatic rings. The Morgan fingerprint density at radius 3 is 2.50 bits per heavy atom. The van der Waals surface area contributed by atoms with E-state index in [4.69, 9.17) is 5.73 Å². The van der Waals surface area contributed by atoms with E-state index >= 15 is 0 Å². The highest BCUT2D eigenvalue weighted by atomic mass is 35.5. The zero-order chi connectivity index (χ0) is 8.85. The van der Waals surface area contributed by atoms with Crippen molar-refractivity contribution in [1.82, 2.24) is 0 Å². The Morgan fingerprint density at radius 2 is 2.17 bits per heavy atom. The van der Waals surface area contributed by atoms with Crippen LogP contribution in [0.2, 0.25) is 0 Å². The van der Waals surface area contributed by atoms with Crippen molar-refractivity contribution in [3.8, 4) is 0 Å². The van der Waals surface area contributed by atoms with Gasteiger partial charge in [-0.2, -0.15) is 0 Å². The minimum absolute atomic E-state index is 0. The summed E-state index contributed by atoms with van der Waals surface area (Å²) in [7, 11) is 0. The Morgan fingerprint density at radius 1 is 1.67 bits per heavy atom. The van der Waals surface area contributed by atoms with Crippen molar-refractivity contribution in [2.24, 2.45) is 11.7 Å². The lowest BCUT2D eigenvalue weighted by atomic mass is 10.1. The van der Waals surface area contributed by atoms with E-state index in [2.05, 4.69) is 4.74 Å². The van der Waals surface area contributed by atoms with E-state index in [0.29, 0.717) is 0 Å². The maximum Gasteiger partial charge on any atom is 0.341 e. The molecule has 2 N–H and O–H groups in total. The maximum absolute atomic E-state index is 12.8. The van der Waals surface area contributed by atoms with Crippen LogP contribution in [0.3, 0.4) is 0 Å². The zero-order valence-corrected chi connectivity index (χ0v) is 8.07. The van der Waals surface area contributed by atoms with Gasteiger partial charge in [0.25, 0.3) is 0 Å². The van der Waals surface area contributed by atoms with Crippen LogP contribution in [0.15, 0.2) is 0 Å². The van der Waals surface area contributed by atoms with Gasteiger partial charge < -0.3 is 10.5 Å². The van der Waals surface area contributed by atoms with Crippen LogP contribution in [0.5, 0.6) is 0 Å². The van der Waals surface area contributed by atoms with Crippen molar-refractivity contribution in [2.45, 2.75) is 20.0 Å². The van der Waals surface area contributed by atoms with Gasteiger partial charge in [-0.3, -0.25) is 0 Å². The Hall–Kier alpha value is -0.350. The highest BCUT2D eigenvalue weighted by Gasteiger charge is 2.24. The molecule has 0 rings (SSSR count). The van der Waals surface area contributed by atoms with Crippen LogP contribution in [0.1, 0.15) is 13.8 Å². The third kappa shape index (κ3) is 4.51. The van der Waals surface area contributed by atoms with E-state index in [1.54, 1.807) is 13.8 Å². The molecule has 0 aliphatic carbocycles. The van der Waals surface area contributed by atoms with Crippen LogP contribution < -0.4 is 5.73 Å². The Balaban J connectivity index is 0. The number of carbonyl (C=O) groups is 1. The van der Waals surface area contributed by atoms with Crippen LogP contribution in [0.25, 0.3) is 0 Å². The smallest absolute Gasteiger partial charge is 0.341 e. The normalized spacial score (nSPS) is 14.3. The second-order valence-corrected chi connectivity index (χ2v) is 2.37. The predicted molar refractivity (Wildman–Crippen MR) is 47.0 cm³/mol. The van der Waals surface area contributed by atoms with Gasteiger partial charge in [-0.25, -0.2) is 9.18 Å². The molecule has 0 fully saturated rings. The fourth-order valence-corrected chi connectivity index (χ4v) is 0.574. The van der Waals surface area contributed by atoms with Crippen LogP contribution >= 0.6 is 12.4 Å². The molecular formula is C7H15ClFNO2. The van der Waals surface area contributed by atoms with E-state index in [1.807, 2.05) is 0 Å². The molecule has 0 spiro atoms. The molecule has 0 aromatic heterocycles. The monoisotopic (exact) mass is 199 g/mol. The summed E-state index contributed by atoms with van der Waals surface area (Å²) in [5.41, 5.74) is 5.16. The van der Waals surface area contributed by atoms with E-state index in [1.165, 1.54) is 0 Å². The van der Waals surface area contributed by atoms with Crippen LogP contribution in [0, 0.1) is 5.92 Å². The third-order valence-corrected chi connectivity index (χ3v) is 1.38. The van der Waals surface area contributed by atoms with Crippen LogP contribution in [-0.2, 0) is 9.53 Å². The largest absolute Gasteiger partial charge is 0.464 e. The summed E-state index contributed by atoms with van der Waals surface area (Å²) in [6, 6.07) is 0. The van der Waals surface area contributed by atoms with E-state index in [-0.39, 0.29) is 25.6 Å². The summed E-state index contributed by atoms with van der Waals surface area (Å²) < 4.78 is 17.3. The summed E-state index contributed by atoms with van der Waals surface area (Å²) >= 11 is 0. The molecule has 0 saturated carbocycles. The number of rotatable bonds is 4. The molecule has 0 aliphatic heterocycles. The molecule has 0 aromatic carbocycles. The fourth-order valence-electron chi connectivity index (χ4n) is 0.574. The molecule has 2 atom stereocenters. The lowest BCUT2D eigenvalue weighted by Crippen LogP contribution is -2.30. The molecule has 3 nitrogen and oxygen atoms in total.